The fraction of sp³-hybridized carbons (Fsp3) is 0.400. The lowest BCUT2D eigenvalue weighted by atomic mass is 10.2. The summed E-state index contributed by atoms with van der Waals surface area (Å²) in [4.78, 5) is 11.6. The molecule has 134 valence electrons. The average Bonchev–Trinajstić information content (AvgIpc) is 2.65. The van der Waals surface area contributed by atoms with Gasteiger partial charge in [-0.05, 0) is 31.6 Å². The van der Waals surface area contributed by atoms with Gasteiger partial charge in [-0.25, -0.2) is 4.98 Å². The topological polar surface area (TPSA) is 53.1 Å². The zero-order valence-electron chi connectivity index (χ0n) is 15.7. The summed E-state index contributed by atoms with van der Waals surface area (Å²) in [5.74, 6) is 1.66. The third-order valence-electron chi connectivity index (χ3n) is 4.01. The van der Waals surface area contributed by atoms with Crippen molar-refractivity contribution in [2.45, 2.75) is 26.7 Å². The van der Waals surface area contributed by atoms with Crippen molar-refractivity contribution in [1.29, 1.82) is 0 Å². The van der Waals surface area contributed by atoms with E-state index in [9.17, 15) is 0 Å². The van der Waals surface area contributed by atoms with Gasteiger partial charge in [0.15, 0.2) is 0 Å². The SMILES string of the molecule is C/C=C\C=C(\CCN(C)c1nc(NCCC)nc2ccccc12)NC. The van der Waals surface area contributed by atoms with Gasteiger partial charge in [-0.3, -0.25) is 0 Å². The van der Waals surface area contributed by atoms with Crippen molar-refractivity contribution in [3.05, 3.63) is 48.2 Å². The molecule has 2 aromatic rings. The van der Waals surface area contributed by atoms with E-state index >= 15 is 0 Å². The predicted octanol–water partition coefficient (Wildman–Crippen LogP) is 3.96. The minimum absolute atomic E-state index is 0.695. The first kappa shape index (κ1) is 18.8. The third kappa shape index (κ3) is 5.21. The quantitative estimate of drug-likeness (QED) is 0.677. The van der Waals surface area contributed by atoms with Crippen LogP contribution >= 0.6 is 0 Å². The van der Waals surface area contributed by atoms with Crippen LogP contribution in [0.25, 0.3) is 10.9 Å². The fourth-order valence-corrected chi connectivity index (χ4v) is 2.56. The summed E-state index contributed by atoms with van der Waals surface area (Å²) in [7, 11) is 4.05. The molecule has 0 amide bonds. The van der Waals surface area contributed by atoms with Crippen LogP contribution in [0.5, 0.6) is 0 Å². The summed E-state index contributed by atoms with van der Waals surface area (Å²) in [5.41, 5.74) is 2.17. The highest BCUT2D eigenvalue weighted by Crippen LogP contribution is 2.24. The lowest BCUT2D eigenvalue weighted by Crippen LogP contribution is -2.23. The van der Waals surface area contributed by atoms with E-state index in [4.69, 9.17) is 4.98 Å². The second-order valence-corrected chi connectivity index (χ2v) is 5.95. The van der Waals surface area contributed by atoms with Crippen molar-refractivity contribution >= 4 is 22.7 Å². The Morgan fingerprint density at radius 2 is 2.04 bits per heavy atom. The molecule has 0 saturated carbocycles. The number of anilines is 2. The second-order valence-electron chi connectivity index (χ2n) is 5.95. The molecule has 5 nitrogen and oxygen atoms in total. The van der Waals surface area contributed by atoms with Gasteiger partial charge >= 0.3 is 0 Å². The molecule has 0 bridgehead atoms. The van der Waals surface area contributed by atoms with Crippen LogP contribution in [0.15, 0.2) is 48.2 Å². The Hall–Kier alpha value is -2.56. The Labute approximate surface area is 150 Å². The van der Waals surface area contributed by atoms with Crippen LogP contribution in [0.2, 0.25) is 0 Å². The Balaban J connectivity index is 2.24. The van der Waals surface area contributed by atoms with Gasteiger partial charge in [-0.1, -0.05) is 31.2 Å². The van der Waals surface area contributed by atoms with Crippen molar-refractivity contribution in [2.24, 2.45) is 0 Å². The molecule has 2 N–H and O–H groups in total. The molecule has 2 rings (SSSR count). The van der Waals surface area contributed by atoms with E-state index < -0.39 is 0 Å². The minimum atomic E-state index is 0.695. The smallest absolute Gasteiger partial charge is 0.225 e. The van der Waals surface area contributed by atoms with Crippen LogP contribution in [0, 0.1) is 0 Å². The Morgan fingerprint density at radius 3 is 2.76 bits per heavy atom. The summed E-state index contributed by atoms with van der Waals surface area (Å²) in [6.45, 7) is 5.90. The van der Waals surface area contributed by atoms with Crippen LogP contribution < -0.4 is 15.5 Å². The first-order valence-electron chi connectivity index (χ1n) is 8.91. The van der Waals surface area contributed by atoms with Crippen molar-refractivity contribution in [3.8, 4) is 0 Å². The van der Waals surface area contributed by atoms with Crippen molar-refractivity contribution in [3.63, 3.8) is 0 Å². The third-order valence-corrected chi connectivity index (χ3v) is 4.01. The molecule has 25 heavy (non-hydrogen) atoms. The summed E-state index contributed by atoms with van der Waals surface area (Å²) in [5, 5.41) is 7.64. The number of allylic oxidation sites excluding steroid dienone is 3. The maximum absolute atomic E-state index is 4.75. The molecule has 0 spiro atoms. The van der Waals surface area contributed by atoms with Crippen molar-refractivity contribution < 1.29 is 0 Å². The zero-order chi connectivity index (χ0) is 18.1. The van der Waals surface area contributed by atoms with Crippen LogP contribution in [-0.2, 0) is 0 Å². The zero-order valence-corrected chi connectivity index (χ0v) is 15.7. The lowest BCUT2D eigenvalue weighted by Gasteiger charge is -2.21. The molecule has 0 radical (unpaired) electrons. The molecule has 0 aliphatic heterocycles. The molecule has 5 heteroatoms. The summed E-state index contributed by atoms with van der Waals surface area (Å²) < 4.78 is 0. The van der Waals surface area contributed by atoms with Crippen molar-refractivity contribution in [2.75, 3.05) is 37.4 Å². The number of para-hydroxylation sites is 1. The highest BCUT2D eigenvalue weighted by atomic mass is 15.2. The van der Waals surface area contributed by atoms with Crippen LogP contribution in [0.4, 0.5) is 11.8 Å². The van der Waals surface area contributed by atoms with Gasteiger partial charge in [0.25, 0.3) is 0 Å². The number of hydrogen-bond donors (Lipinski definition) is 2. The van der Waals surface area contributed by atoms with Gasteiger partial charge in [0.1, 0.15) is 5.82 Å². The Morgan fingerprint density at radius 1 is 1.24 bits per heavy atom. The predicted molar refractivity (Wildman–Crippen MR) is 108 cm³/mol. The van der Waals surface area contributed by atoms with E-state index in [0.29, 0.717) is 5.95 Å². The molecule has 1 heterocycles. The molecule has 0 atom stereocenters. The molecule has 0 aliphatic carbocycles. The standard InChI is InChI=1S/C20H29N5/c1-5-7-10-16(21-3)13-15-25(4)19-17-11-8-9-12-18(17)23-20(24-19)22-14-6-2/h5,7-12,21H,6,13-15H2,1-4H3,(H,22,23,24)/b7-5-,16-10-. The van der Waals surface area contributed by atoms with Gasteiger partial charge < -0.3 is 15.5 Å². The largest absolute Gasteiger partial charge is 0.391 e. The molecule has 0 fully saturated rings. The molecule has 0 aliphatic rings. The normalized spacial score (nSPS) is 11.9. The van der Waals surface area contributed by atoms with E-state index in [1.807, 2.05) is 38.2 Å². The summed E-state index contributed by atoms with van der Waals surface area (Å²) >= 11 is 0. The number of aromatic nitrogens is 2. The molecule has 0 unspecified atom stereocenters. The van der Waals surface area contributed by atoms with Gasteiger partial charge in [-0.15, -0.1) is 0 Å². The van der Waals surface area contributed by atoms with E-state index in [2.05, 4.69) is 52.7 Å². The van der Waals surface area contributed by atoms with E-state index in [-0.39, 0.29) is 0 Å². The van der Waals surface area contributed by atoms with Gasteiger partial charge in [-0.2, -0.15) is 4.98 Å². The first-order valence-corrected chi connectivity index (χ1v) is 8.91. The monoisotopic (exact) mass is 339 g/mol. The second kappa shape index (κ2) is 9.67. The van der Waals surface area contributed by atoms with Gasteiger partial charge in [0.2, 0.25) is 5.95 Å². The molecule has 1 aromatic heterocycles. The van der Waals surface area contributed by atoms with E-state index in [1.54, 1.807) is 0 Å². The average molecular weight is 339 g/mol. The number of rotatable bonds is 9. The van der Waals surface area contributed by atoms with E-state index in [1.165, 1.54) is 5.70 Å². The Bertz CT molecular complexity index is 736. The van der Waals surface area contributed by atoms with Crippen LogP contribution in [0.1, 0.15) is 26.7 Å². The molecule has 0 saturated heterocycles. The number of nitrogens with one attached hydrogen (secondary N) is 2. The van der Waals surface area contributed by atoms with Crippen LogP contribution in [-0.4, -0.2) is 37.2 Å². The summed E-state index contributed by atoms with van der Waals surface area (Å²) in [6.07, 6.45) is 8.17. The number of hydrogen-bond acceptors (Lipinski definition) is 5. The number of nitrogens with zero attached hydrogens (tertiary/aromatic N) is 3. The lowest BCUT2D eigenvalue weighted by molar-refractivity contribution is 0.798. The van der Waals surface area contributed by atoms with E-state index in [0.717, 1.165) is 42.7 Å². The molecular formula is C20H29N5. The van der Waals surface area contributed by atoms with Gasteiger partial charge in [0, 0.05) is 44.7 Å². The van der Waals surface area contributed by atoms with Crippen LogP contribution in [0.3, 0.4) is 0 Å². The van der Waals surface area contributed by atoms with Gasteiger partial charge in [0.05, 0.1) is 5.52 Å². The highest BCUT2D eigenvalue weighted by molar-refractivity contribution is 5.90. The maximum Gasteiger partial charge on any atom is 0.225 e. The Kier molecular flexibility index (Phi) is 7.26. The minimum Gasteiger partial charge on any atom is -0.391 e. The number of benzene rings is 1. The fourth-order valence-electron chi connectivity index (χ4n) is 2.56. The van der Waals surface area contributed by atoms with Crippen molar-refractivity contribution in [1.82, 2.24) is 15.3 Å². The molecule has 1 aromatic carbocycles. The number of fused-ring (bicyclic) bond motifs is 1. The molecular weight excluding hydrogens is 310 g/mol. The highest BCUT2D eigenvalue weighted by Gasteiger charge is 2.11. The maximum atomic E-state index is 4.75. The summed E-state index contributed by atoms with van der Waals surface area (Å²) in [6, 6.07) is 8.17. The first-order chi connectivity index (χ1) is 12.2.